The fourth-order valence-corrected chi connectivity index (χ4v) is 2.46. The molecular weight excluding hydrogens is 288 g/mol. The van der Waals surface area contributed by atoms with E-state index in [2.05, 4.69) is 32.9 Å². The molecule has 0 amide bonds. The Hall–Kier alpha value is -2.29. The van der Waals surface area contributed by atoms with Crippen molar-refractivity contribution in [1.82, 2.24) is 0 Å². The summed E-state index contributed by atoms with van der Waals surface area (Å²) >= 11 is 0. The number of benzene rings is 1. The summed E-state index contributed by atoms with van der Waals surface area (Å²) in [6.07, 6.45) is 7.34. The summed E-state index contributed by atoms with van der Waals surface area (Å²) in [5.74, 6) is 0.819. The van der Waals surface area contributed by atoms with Crippen molar-refractivity contribution in [3.8, 4) is 5.75 Å². The molecule has 1 aromatic heterocycles. The lowest BCUT2D eigenvalue weighted by atomic mass is 10.0. The minimum atomic E-state index is -0.331. The number of hydrogen-bond donors (Lipinski definition) is 0. The van der Waals surface area contributed by atoms with Crippen molar-refractivity contribution in [3.63, 3.8) is 0 Å². The zero-order valence-electron chi connectivity index (χ0n) is 14.3. The normalized spacial score (nSPS) is 11.6. The summed E-state index contributed by atoms with van der Waals surface area (Å²) in [5, 5.41) is 0.870. The van der Waals surface area contributed by atoms with E-state index in [0.717, 1.165) is 36.0 Å². The predicted octanol–water partition coefficient (Wildman–Crippen LogP) is 5.04. The summed E-state index contributed by atoms with van der Waals surface area (Å²) in [6.45, 7) is 6.38. The Kier molecular flexibility index (Phi) is 5.80. The monoisotopic (exact) mass is 312 g/mol. The Bertz CT molecular complexity index is 790. The van der Waals surface area contributed by atoms with Gasteiger partial charge >= 0.3 is 5.63 Å². The summed E-state index contributed by atoms with van der Waals surface area (Å²) < 4.78 is 10.7. The van der Waals surface area contributed by atoms with Crippen LogP contribution in [0.1, 0.15) is 39.2 Å². The first-order valence-corrected chi connectivity index (χ1v) is 7.89. The van der Waals surface area contributed by atoms with Gasteiger partial charge in [-0.3, -0.25) is 0 Å². The second-order valence-corrected chi connectivity index (χ2v) is 6.03. The van der Waals surface area contributed by atoms with Crippen LogP contribution in [0.15, 0.2) is 56.8 Å². The fraction of sp³-hybridized carbons (Fsp3) is 0.350. The Morgan fingerprint density at radius 2 is 1.96 bits per heavy atom. The standard InChI is InChI=1S/C20H24O3/c1-14(2)6-5-7-15(3)8-9-16-13-19-17(12-18(16)22-4)10-11-20(21)23-19/h6,8,10-13H,5,7,9H2,1-4H3. The summed E-state index contributed by atoms with van der Waals surface area (Å²) in [7, 11) is 1.66. The number of rotatable bonds is 6. The summed E-state index contributed by atoms with van der Waals surface area (Å²) in [6, 6.07) is 7.00. The smallest absolute Gasteiger partial charge is 0.336 e. The van der Waals surface area contributed by atoms with Crippen LogP contribution < -0.4 is 10.4 Å². The molecule has 0 aliphatic rings. The van der Waals surface area contributed by atoms with Gasteiger partial charge in [0.25, 0.3) is 0 Å². The van der Waals surface area contributed by atoms with Gasteiger partial charge in [0, 0.05) is 17.0 Å². The van der Waals surface area contributed by atoms with Crippen molar-refractivity contribution < 1.29 is 9.15 Å². The molecule has 0 N–H and O–H groups in total. The molecule has 1 aromatic carbocycles. The molecule has 0 fully saturated rings. The molecule has 2 rings (SSSR count). The molecule has 23 heavy (non-hydrogen) atoms. The van der Waals surface area contributed by atoms with Gasteiger partial charge in [-0.15, -0.1) is 0 Å². The highest BCUT2D eigenvalue weighted by molar-refractivity contribution is 5.79. The van der Waals surface area contributed by atoms with Crippen LogP contribution in [-0.2, 0) is 6.42 Å². The first-order chi connectivity index (χ1) is 11.0. The first-order valence-electron chi connectivity index (χ1n) is 7.89. The quantitative estimate of drug-likeness (QED) is 0.554. The van der Waals surface area contributed by atoms with E-state index in [-0.39, 0.29) is 5.63 Å². The number of ether oxygens (including phenoxy) is 1. The number of allylic oxidation sites excluding steroid dienone is 4. The molecule has 0 unspecified atom stereocenters. The van der Waals surface area contributed by atoms with Gasteiger partial charge in [0.05, 0.1) is 7.11 Å². The van der Waals surface area contributed by atoms with Crippen LogP contribution in [0.2, 0.25) is 0 Å². The SMILES string of the molecule is COc1cc2ccc(=O)oc2cc1CC=C(C)CCC=C(C)C. The Labute approximate surface area is 137 Å². The molecule has 3 heteroatoms. The maximum absolute atomic E-state index is 11.4. The van der Waals surface area contributed by atoms with Crippen molar-refractivity contribution in [1.29, 1.82) is 0 Å². The van der Waals surface area contributed by atoms with Crippen molar-refractivity contribution in [2.45, 2.75) is 40.0 Å². The topological polar surface area (TPSA) is 39.4 Å². The highest BCUT2D eigenvalue weighted by Crippen LogP contribution is 2.26. The molecule has 0 radical (unpaired) electrons. The molecule has 1 heterocycles. The van der Waals surface area contributed by atoms with Crippen molar-refractivity contribution in [2.24, 2.45) is 0 Å². The van der Waals surface area contributed by atoms with E-state index in [4.69, 9.17) is 9.15 Å². The van der Waals surface area contributed by atoms with Crippen LogP contribution in [0.25, 0.3) is 11.0 Å². The molecule has 0 aliphatic heterocycles. The summed E-state index contributed by atoms with van der Waals surface area (Å²) in [5.41, 5.74) is 3.99. The zero-order valence-corrected chi connectivity index (χ0v) is 14.3. The van der Waals surface area contributed by atoms with Crippen molar-refractivity contribution in [3.05, 3.63) is 63.5 Å². The van der Waals surface area contributed by atoms with Gasteiger partial charge in [-0.05, 0) is 58.2 Å². The van der Waals surface area contributed by atoms with Gasteiger partial charge in [0.1, 0.15) is 11.3 Å². The van der Waals surface area contributed by atoms with E-state index in [1.54, 1.807) is 13.2 Å². The second kappa shape index (κ2) is 7.82. The van der Waals surface area contributed by atoms with E-state index in [1.165, 1.54) is 17.2 Å². The van der Waals surface area contributed by atoms with Crippen molar-refractivity contribution in [2.75, 3.05) is 7.11 Å². The van der Waals surface area contributed by atoms with Crippen LogP contribution in [0.3, 0.4) is 0 Å². The van der Waals surface area contributed by atoms with E-state index < -0.39 is 0 Å². The van der Waals surface area contributed by atoms with E-state index in [9.17, 15) is 4.79 Å². The lowest BCUT2D eigenvalue weighted by Crippen LogP contribution is -1.97. The van der Waals surface area contributed by atoms with E-state index >= 15 is 0 Å². The molecule has 0 spiro atoms. The Balaban J connectivity index is 2.21. The van der Waals surface area contributed by atoms with Crippen LogP contribution in [-0.4, -0.2) is 7.11 Å². The van der Waals surface area contributed by atoms with Crippen molar-refractivity contribution >= 4 is 11.0 Å². The average molecular weight is 312 g/mol. The summed E-state index contributed by atoms with van der Waals surface area (Å²) in [4.78, 5) is 11.4. The second-order valence-electron chi connectivity index (χ2n) is 6.03. The zero-order chi connectivity index (χ0) is 16.8. The molecule has 0 bridgehead atoms. The minimum Gasteiger partial charge on any atom is -0.496 e. The number of hydrogen-bond acceptors (Lipinski definition) is 3. The number of methoxy groups -OCH3 is 1. The minimum absolute atomic E-state index is 0.331. The maximum Gasteiger partial charge on any atom is 0.336 e. The lowest BCUT2D eigenvalue weighted by Gasteiger charge is -2.09. The third-order valence-corrected chi connectivity index (χ3v) is 3.78. The van der Waals surface area contributed by atoms with Gasteiger partial charge < -0.3 is 9.15 Å². The first kappa shape index (κ1) is 17.1. The molecule has 2 aromatic rings. The molecule has 3 nitrogen and oxygen atoms in total. The third kappa shape index (κ3) is 4.85. The Morgan fingerprint density at radius 1 is 1.17 bits per heavy atom. The van der Waals surface area contributed by atoms with Crippen LogP contribution >= 0.6 is 0 Å². The molecule has 122 valence electrons. The van der Waals surface area contributed by atoms with Gasteiger partial charge in [-0.2, -0.15) is 0 Å². The largest absolute Gasteiger partial charge is 0.496 e. The van der Waals surface area contributed by atoms with E-state index in [1.807, 2.05) is 12.1 Å². The van der Waals surface area contributed by atoms with Crippen LogP contribution in [0.5, 0.6) is 5.75 Å². The molecular formula is C20H24O3. The van der Waals surface area contributed by atoms with E-state index in [0.29, 0.717) is 5.58 Å². The highest BCUT2D eigenvalue weighted by atomic mass is 16.5. The molecule has 0 aliphatic carbocycles. The third-order valence-electron chi connectivity index (χ3n) is 3.78. The van der Waals surface area contributed by atoms with Gasteiger partial charge in [-0.25, -0.2) is 4.79 Å². The highest BCUT2D eigenvalue weighted by Gasteiger charge is 2.07. The van der Waals surface area contributed by atoms with Crippen LogP contribution in [0, 0.1) is 0 Å². The lowest BCUT2D eigenvalue weighted by molar-refractivity contribution is 0.411. The van der Waals surface area contributed by atoms with Crippen LogP contribution in [0.4, 0.5) is 0 Å². The molecule has 0 saturated carbocycles. The average Bonchev–Trinajstić information content (AvgIpc) is 2.51. The van der Waals surface area contributed by atoms with Gasteiger partial charge in [0.15, 0.2) is 0 Å². The Morgan fingerprint density at radius 3 is 2.65 bits per heavy atom. The predicted molar refractivity (Wildman–Crippen MR) is 95.2 cm³/mol. The molecule has 0 saturated heterocycles. The van der Waals surface area contributed by atoms with Gasteiger partial charge in [0.2, 0.25) is 0 Å². The maximum atomic E-state index is 11.4. The molecule has 0 atom stereocenters. The van der Waals surface area contributed by atoms with Gasteiger partial charge in [-0.1, -0.05) is 23.3 Å². The fourth-order valence-electron chi connectivity index (χ4n) is 2.46. The number of fused-ring (bicyclic) bond motifs is 1.